The minimum absolute atomic E-state index is 0.0417. The summed E-state index contributed by atoms with van der Waals surface area (Å²) in [4.78, 5) is 26.8. The second kappa shape index (κ2) is 9.29. The largest absolute Gasteiger partial charge is 0.454 e. The van der Waals surface area contributed by atoms with Crippen molar-refractivity contribution in [1.82, 2.24) is 20.4 Å². The van der Waals surface area contributed by atoms with Gasteiger partial charge in [0.1, 0.15) is 5.01 Å². The van der Waals surface area contributed by atoms with Gasteiger partial charge in [-0.25, -0.2) is 4.79 Å². The van der Waals surface area contributed by atoms with Gasteiger partial charge < -0.3 is 29.7 Å². The molecule has 170 valence electrons. The molecule has 32 heavy (non-hydrogen) atoms. The highest BCUT2D eigenvalue weighted by molar-refractivity contribution is 7.13. The molecule has 3 amide bonds. The number of hydrogen-bond donors (Lipinski definition) is 2. The van der Waals surface area contributed by atoms with Crippen LogP contribution in [0.15, 0.2) is 18.2 Å². The van der Waals surface area contributed by atoms with E-state index in [4.69, 9.17) is 14.2 Å². The van der Waals surface area contributed by atoms with Crippen molar-refractivity contribution in [2.24, 2.45) is 0 Å². The summed E-state index contributed by atoms with van der Waals surface area (Å²) in [5.74, 6) is 1.15. The molecule has 0 unspecified atom stereocenters. The zero-order chi connectivity index (χ0) is 21.9. The number of carbonyl (C=O) groups is 2. The Morgan fingerprint density at radius 1 is 1.12 bits per heavy atom. The van der Waals surface area contributed by atoms with Crippen molar-refractivity contribution in [3.63, 3.8) is 0 Å². The van der Waals surface area contributed by atoms with E-state index in [1.54, 1.807) is 18.2 Å². The second-order valence-electron chi connectivity index (χ2n) is 8.05. The summed E-state index contributed by atoms with van der Waals surface area (Å²) >= 11 is 1.30. The molecule has 2 fully saturated rings. The van der Waals surface area contributed by atoms with Crippen LogP contribution in [-0.4, -0.2) is 66.2 Å². The molecule has 2 N–H and O–H groups in total. The summed E-state index contributed by atoms with van der Waals surface area (Å²) < 4.78 is 16.2. The molecular weight excluding hydrogens is 434 g/mol. The molecule has 0 saturated carbocycles. The molecule has 0 aliphatic carbocycles. The van der Waals surface area contributed by atoms with Gasteiger partial charge in [-0.1, -0.05) is 11.3 Å². The Morgan fingerprint density at radius 2 is 1.97 bits per heavy atom. The number of carbonyl (C=O) groups excluding carboxylic acids is 2. The SMILES string of the molecule is O=C(Nc1ccc2c(c1)OCO2)c1nnc(C2CCN(C(=O)NC[C@@H]3CCCO3)CC2)s1. The Labute approximate surface area is 189 Å². The monoisotopic (exact) mass is 459 g/mol. The van der Waals surface area contributed by atoms with Gasteiger partial charge in [0.15, 0.2) is 11.5 Å². The number of aromatic nitrogens is 2. The summed E-state index contributed by atoms with van der Waals surface area (Å²) in [7, 11) is 0. The predicted octanol–water partition coefficient (Wildman–Crippen LogP) is 2.59. The molecule has 0 radical (unpaired) electrons. The Balaban J connectivity index is 1.11. The number of fused-ring (bicyclic) bond motifs is 1. The number of nitrogens with zero attached hydrogens (tertiary/aromatic N) is 3. The molecule has 1 aromatic heterocycles. The third-order valence-corrected chi connectivity index (χ3v) is 6.99. The number of ether oxygens (including phenoxy) is 3. The quantitative estimate of drug-likeness (QED) is 0.706. The van der Waals surface area contributed by atoms with E-state index >= 15 is 0 Å². The number of urea groups is 1. The number of likely N-dealkylation sites (tertiary alicyclic amines) is 1. The topological polar surface area (TPSA) is 115 Å². The molecular formula is C21H25N5O5S. The second-order valence-corrected chi connectivity index (χ2v) is 9.06. The molecule has 0 bridgehead atoms. The van der Waals surface area contributed by atoms with E-state index in [-0.39, 0.29) is 30.8 Å². The smallest absolute Gasteiger partial charge is 0.317 e. The molecule has 1 aromatic carbocycles. The summed E-state index contributed by atoms with van der Waals surface area (Å²) in [5.41, 5.74) is 0.610. The van der Waals surface area contributed by atoms with Gasteiger partial charge >= 0.3 is 6.03 Å². The molecule has 0 spiro atoms. The van der Waals surface area contributed by atoms with Gasteiger partial charge in [0.05, 0.1) is 6.10 Å². The van der Waals surface area contributed by atoms with Crippen molar-refractivity contribution in [2.75, 3.05) is 38.4 Å². The fourth-order valence-corrected chi connectivity index (χ4v) is 5.01. The van der Waals surface area contributed by atoms with Crippen LogP contribution >= 0.6 is 11.3 Å². The first-order chi connectivity index (χ1) is 15.7. The molecule has 5 rings (SSSR count). The van der Waals surface area contributed by atoms with Gasteiger partial charge in [0.25, 0.3) is 5.91 Å². The Kier molecular flexibility index (Phi) is 6.08. The number of hydrogen-bond acceptors (Lipinski definition) is 8. The third kappa shape index (κ3) is 4.63. The first-order valence-corrected chi connectivity index (χ1v) is 11.7. The average molecular weight is 460 g/mol. The first kappa shape index (κ1) is 21.0. The maximum Gasteiger partial charge on any atom is 0.317 e. The molecule has 11 heteroatoms. The van der Waals surface area contributed by atoms with Crippen LogP contribution in [0.4, 0.5) is 10.5 Å². The Hall–Kier alpha value is -2.92. The average Bonchev–Trinajstić information content (AvgIpc) is 3.59. The van der Waals surface area contributed by atoms with E-state index in [1.807, 2.05) is 4.90 Å². The molecule has 2 saturated heterocycles. The lowest BCUT2D eigenvalue weighted by Crippen LogP contribution is -2.46. The highest BCUT2D eigenvalue weighted by Crippen LogP contribution is 2.35. The van der Waals surface area contributed by atoms with Gasteiger partial charge in [-0.05, 0) is 37.8 Å². The van der Waals surface area contributed by atoms with Gasteiger partial charge in [0.2, 0.25) is 11.8 Å². The van der Waals surface area contributed by atoms with E-state index in [0.717, 1.165) is 37.3 Å². The van der Waals surface area contributed by atoms with Gasteiger partial charge in [-0.3, -0.25) is 4.79 Å². The summed E-state index contributed by atoms with van der Waals surface area (Å²) in [6.45, 7) is 2.84. The van der Waals surface area contributed by atoms with Crippen molar-refractivity contribution in [1.29, 1.82) is 0 Å². The summed E-state index contributed by atoms with van der Waals surface area (Å²) in [5, 5.41) is 15.3. The molecule has 3 aliphatic rings. The fraction of sp³-hybridized carbons (Fsp3) is 0.524. The van der Waals surface area contributed by atoms with Crippen LogP contribution in [-0.2, 0) is 4.74 Å². The normalized spacial score (nSPS) is 20.4. The Morgan fingerprint density at radius 3 is 2.78 bits per heavy atom. The number of nitrogens with one attached hydrogen (secondary N) is 2. The van der Waals surface area contributed by atoms with Crippen LogP contribution in [0.1, 0.15) is 46.4 Å². The van der Waals surface area contributed by atoms with E-state index in [9.17, 15) is 9.59 Å². The van der Waals surface area contributed by atoms with Crippen molar-refractivity contribution in [3.05, 3.63) is 28.2 Å². The molecule has 3 aliphatic heterocycles. The van der Waals surface area contributed by atoms with Gasteiger partial charge in [-0.2, -0.15) is 0 Å². The predicted molar refractivity (Wildman–Crippen MR) is 116 cm³/mol. The van der Waals surface area contributed by atoms with Crippen molar-refractivity contribution in [2.45, 2.75) is 37.7 Å². The number of rotatable bonds is 5. The maximum absolute atomic E-state index is 12.6. The highest BCUT2D eigenvalue weighted by atomic mass is 32.1. The van der Waals surface area contributed by atoms with Crippen LogP contribution in [0.5, 0.6) is 11.5 Å². The maximum atomic E-state index is 12.6. The van der Waals surface area contributed by atoms with Crippen LogP contribution < -0.4 is 20.1 Å². The lowest BCUT2D eigenvalue weighted by Gasteiger charge is -2.31. The third-order valence-electron chi connectivity index (χ3n) is 5.90. The van der Waals surface area contributed by atoms with Gasteiger partial charge in [-0.15, -0.1) is 10.2 Å². The van der Waals surface area contributed by atoms with Crippen LogP contribution in [0.2, 0.25) is 0 Å². The molecule has 2 aromatic rings. The molecule has 10 nitrogen and oxygen atoms in total. The first-order valence-electron chi connectivity index (χ1n) is 10.8. The van der Waals surface area contributed by atoms with Crippen LogP contribution in [0.25, 0.3) is 0 Å². The highest BCUT2D eigenvalue weighted by Gasteiger charge is 2.28. The molecule has 1 atom stereocenters. The van der Waals surface area contributed by atoms with Crippen molar-refractivity contribution < 1.29 is 23.8 Å². The number of benzene rings is 1. The summed E-state index contributed by atoms with van der Waals surface area (Å²) in [6.07, 6.45) is 3.80. The van der Waals surface area contributed by atoms with Crippen LogP contribution in [0, 0.1) is 0 Å². The number of piperidine rings is 1. The van der Waals surface area contributed by atoms with Gasteiger partial charge in [0, 0.05) is 43.9 Å². The van der Waals surface area contributed by atoms with Crippen LogP contribution in [0.3, 0.4) is 0 Å². The summed E-state index contributed by atoms with van der Waals surface area (Å²) in [6, 6.07) is 5.20. The fourth-order valence-electron chi connectivity index (χ4n) is 4.10. The van der Waals surface area contributed by atoms with Crippen molar-refractivity contribution in [3.8, 4) is 11.5 Å². The Bertz CT molecular complexity index is 985. The van der Waals surface area contributed by atoms with E-state index in [0.29, 0.717) is 41.8 Å². The standard InChI is InChI=1S/C21H25N5O5S/c27-18(23-14-3-4-16-17(10-14)31-12-30-16)20-25-24-19(32-20)13-5-7-26(8-6-13)21(28)22-11-15-2-1-9-29-15/h3-4,10,13,15H,1-2,5-9,11-12H2,(H,22,28)(H,23,27)/t15-/m0/s1. The van der Waals surface area contributed by atoms with E-state index in [1.165, 1.54) is 11.3 Å². The van der Waals surface area contributed by atoms with E-state index < -0.39 is 0 Å². The number of anilines is 1. The van der Waals surface area contributed by atoms with Crippen molar-refractivity contribution >= 4 is 29.0 Å². The number of amides is 3. The molecule has 4 heterocycles. The minimum Gasteiger partial charge on any atom is -0.454 e. The zero-order valence-electron chi connectivity index (χ0n) is 17.5. The lowest BCUT2D eigenvalue weighted by molar-refractivity contribution is 0.102. The lowest BCUT2D eigenvalue weighted by atomic mass is 9.98. The van der Waals surface area contributed by atoms with E-state index in [2.05, 4.69) is 20.8 Å². The zero-order valence-corrected chi connectivity index (χ0v) is 18.4. The minimum atomic E-state index is -0.307.